The predicted octanol–water partition coefficient (Wildman–Crippen LogP) is 4.18. The van der Waals surface area contributed by atoms with Gasteiger partial charge in [-0.15, -0.1) is 11.3 Å². The maximum absolute atomic E-state index is 13.5. The Labute approximate surface area is 180 Å². The zero-order valence-electron chi connectivity index (χ0n) is 16.2. The van der Waals surface area contributed by atoms with E-state index in [-0.39, 0.29) is 12.3 Å². The number of fused-ring (bicyclic) bond motifs is 1. The van der Waals surface area contributed by atoms with E-state index in [1.165, 1.54) is 16.2 Å². The van der Waals surface area contributed by atoms with Crippen LogP contribution in [0.25, 0.3) is 0 Å². The molecule has 10 heteroatoms. The van der Waals surface area contributed by atoms with E-state index >= 15 is 0 Å². The summed E-state index contributed by atoms with van der Waals surface area (Å²) in [7, 11) is 0. The fourth-order valence-electron chi connectivity index (χ4n) is 3.05. The fourth-order valence-corrected chi connectivity index (χ4v) is 3.75. The Kier molecular flexibility index (Phi) is 5.99. The molecule has 0 N–H and O–H groups in total. The number of nitrogens with zero attached hydrogens (tertiary/aromatic N) is 2. The van der Waals surface area contributed by atoms with Crippen molar-refractivity contribution in [3.63, 3.8) is 0 Å². The molecule has 0 bridgehead atoms. The molecule has 0 aliphatic carbocycles. The van der Waals surface area contributed by atoms with Gasteiger partial charge in [0.1, 0.15) is 19.0 Å². The summed E-state index contributed by atoms with van der Waals surface area (Å²) in [5.74, 6) is -0.352. The lowest BCUT2D eigenvalue weighted by Crippen LogP contribution is -2.34. The largest absolute Gasteiger partial charge is 0.486 e. The number of rotatable bonds is 7. The van der Waals surface area contributed by atoms with Crippen molar-refractivity contribution in [2.24, 2.45) is 0 Å². The minimum absolute atomic E-state index is 0.269. The number of thiophene rings is 1. The Morgan fingerprint density at radius 2 is 1.97 bits per heavy atom. The lowest BCUT2D eigenvalue weighted by Gasteiger charge is -2.25. The van der Waals surface area contributed by atoms with Crippen LogP contribution in [0.4, 0.5) is 15.8 Å². The van der Waals surface area contributed by atoms with Crippen LogP contribution in [0.3, 0.4) is 0 Å². The highest BCUT2D eigenvalue weighted by molar-refractivity contribution is 7.09. The van der Waals surface area contributed by atoms with Gasteiger partial charge in [-0.25, -0.2) is 4.39 Å². The third-order valence-electron chi connectivity index (χ3n) is 4.50. The van der Waals surface area contributed by atoms with E-state index in [0.29, 0.717) is 30.4 Å². The van der Waals surface area contributed by atoms with Crippen LogP contribution in [0.2, 0.25) is 0 Å². The molecule has 0 fully saturated rings. The van der Waals surface area contributed by atoms with Gasteiger partial charge in [0.25, 0.3) is 5.91 Å². The number of amides is 1. The molecule has 1 amide bonds. The molecular formula is C21H17FN2O6S. The first-order valence-corrected chi connectivity index (χ1v) is 10.2. The monoisotopic (exact) mass is 444 g/mol. The van der Waals surface area contributed by atoms with Crippen LogP contribution in [0.1, 0.15) is 4.88 Å². The Balaban J connectivity index is 1.58. The molecule has 1 aliphatic rings. The Hall–Kier alpha value is -3.66. The minimum atomic E-state index is -0.699. The van der Waals surface area contributed by atoms with Gasteiger partial charge in [-0.3, -0.25) is 14.9 Å². The van der Waals surface area contributed by atoms with Gasteiger partial charge in [-0.2, -0.15) is 0 Å². The average Bonchev–Trinajstić information content (AvgIpc) is 3.28. The zero-order valence-corrected chi connectivity index (χ0v) is 17.0. The Morgan fingerprint density at radius 3 is 2.71 bits per heavy atom. The molecule has 0 unspecified atom stereocenters. The first kappa shape index (κ1) is 20.6. The van der Waals surface area contributed by atoms with Gasteiger partial charge in [-0.1, -0.05) is 6.07 Å². The second-order valence-electron chi connectivity index (χ2n) is 6.55. The van der Waals surface area contributed by atoms with Gasteiger partial charge < -0.3 is 19.1 Å². The van der Waals surface area contributed by atoms with Crippen molar-refractivity contribution in [2.45, 2.75) is 6.54 Å². The molecule has 8 nitrogen and oxygen atoms in total. The SMILES string of the molecule is O=C(COc1cc(F)ccc1[N+](=O)[O-])N(Cc1cccs1)c1ccc2c(c1)OCCO2. The summed E-state index contributed by atoms with van der Waals surface area (Å²) in [5.41, 5.74) is 0.137. The first-order chi connectivity index (χ1) is 15.0. The van der Waals surface area contributed by atoms with Crippen LogP contribution >= 0.6 is 11.3 Å². The van der Waals surface area contributed by atoms with Crippen molar-refractivity contribution in [3.05, 3.63) is 74.7 Å². The molecule has 0 atom stereocenters. The van der Waals surface area contributed by atoms with Crippen molar-refractivity contribution < 1.29 is 28.3 Å². The maximum Gasteiger partial charge on any atom is 0.311 e. The molecule has 160 valence electrons. The van der Waals surface area contributed by atoms with E-state index in [9.17, 15) is 19.3 Å². The average molecular weight is 444 g/mol. The predicted molar refractivity (Wildman–Crippen MR) is 111 cm³/mol. The molecule has 3 aromatic rings. The van der Waals surface area contributed by atoms with Gasteiger partial charge in [0.2, 0.25) is 5.75 Å². The minimum Gasteiger partial charge on any atom is -0.486 e. The van der Waals surface area contributed by atoms with Gasteiger partial charge >= 0.3 is 5.69 Å². The van der Waals surface area contributed by atoms with Crippen molar-refractivity contribution >= 4 is 28.6 Å². The summed E-state index contributed by atoms with van der Waals surface area (Å²) in [5, 5.41) is 13.1. The normalized spacial score (nSPS) is 12.3. The lowest BCUT2D eigenvalue weighted by atomic mass is 10.2. The number of hydrogen-bond donors (Lipinski definition) is 0. The zero-order chi connectivity index (χ0) is 21.8. The molecule has 2 aromatic carbocycles. The number of ether oxygens (including phenoxy) is 3. The maximum atomic E-state index is 13.5. The lowest BCUT2D eigenvalue weighted by molar-refractivity contribution is -0.385. The molecule has 4 rings (SSSR count). The number of halogens is 1. The van der Waals surface area contributed by atoms with Gasteiger partial charge in [0, 0.05) is 28.8 Å². The first-order valence-electron chi connectivity index (χ1n) is 9.30. The molecule has 0 saturated heterocycles. The molecule has 31 heavy (non-hydrogen) atoms. The van der Waals surface area contributed by atoms with E-state index in [1.807, 2.05) is 17.5 Å². The highest BCUT2D eigenvalue weighted by atomic mass is 32.1. The number of benzene rings is 2. The fraction of sp³-hybridized carbons (Fsp3) is 0.190. The quantitative estimate of drug-likeness (QED) is 0.401. The van der Waals surface area contributed by atoms with Gasteiger partial charge in [0.15, 0.2) is 18.1 Å². The van der Waals surface area contributed by atoms with E-state index in [0.717, 1.165) is 23.1 Å². The number of carbonyl (C=O) groups excluding carboxylic acids is 1. The van der Waals surface area contributed by atoms with Crippen molar-refractivity contribution in [2.75, 3.05) is 24.7 Å². The standard InChI is InChI=1S/C21H17FN2O6S/c22-14-3-5-17(24(26)27)19(10-14)30-13-21(25)23(12-16-2-1-9-31-16)15-4-6-18-20(11-15)29-8-7-28-18/h1-6,9-11H,7-8,12-13H2. The number of anilines is 1. The van der Waals surface area contributed by atoms with Crippen LogP contribution in [-0.4, -0.2) is 30.7 Å². The molecule has 0 radical (unpaired) electrons. The highest BCUT2D eigenvalue weighted by Crippen LogP contribution is 2.35. The summed E-state index contributed by atoms with van der Waals surface area (Å²) in [4.78, 5) is 25.9. The van der Waals surface area contributed by atoms with Crippen molar-refractivity contribution in [3.8, 4) is 17.2 Å². The van der Waals surface area contributed by atoms with Crippen LogP contribution < -0.4 is 19.1 Å². The molecule has 2 heterocycles. The molecular weight excluding hydrogens is 427 g/mol. The smallest absolute Gasteiger partial charge is 0.311 e. The molecule has 0 saturated carbocycles. The third-order valence-corrected chi connectivity index (χ3v) is 5.36. The summed E-state index contributed by atoms with van der Waals surface area (Å²) < 4.78 is 30.0. The Bertz CT molecular complexity index is 1110. The second-order valence-corrected chi connectivity index (χ2v) is 7.58. The summed E-state index contributed by atoms with van der Waals surface area (Å²) in [6.45, 7) is 0.612. The number of carbonyl (C=O) groups is 1. The van der Waals surface area contributed by atoms with E-state index in [4.69, 9.17) is 14.2 Å². The summed E-state index contributed by atoms with van der Waals surface area (Å²) in [6.07, 6.45) is 0. The van der Waals surface area contributed by atoms with E-state index in [2.05, 4.69) is 0 Å². The van der Waals surface area contributed by atoms with Crippen LogP contribution in [-0.2, 0) is 11.3 Å². The van der Waals surface area contributed by atoms with Crippen LogP contribution in [0, 0.1) is 15.9 Å². The number of nitro groups is 1. The Morgan fingerprint density at radius 1 is 1.16 bits per heavy atom. The van der Waals surface area contributed by atoms with Crippen LogP contribution in [0.15, 0.2) is 53.9 Å². The summed E-state index contributed by atoms with van der Waals surface area (Å²) in [6, 6.07) is 11.8. The van der Waals surface area contributed by atoms with Gasteiger partial charge in [0.05, 0.1) is 11.5 Å². The van der Waals surface area contributed by atoms with Crippen molar-refractivity contribution in [1.29, 1.82) is 0 Å². The number of hydrogen-bond acceptors (Lipinski definition) is 7. The van der Waals surface area contributed by atoms with Crippen molar-refractivity contribution in [1.82, 2.24) is 0 Å². The number of nitro benzene ring substituents is 1. The van der Waals surface area contributed by atoms with E-state index < -0.39 is 28.9 Å². The van der Waals surface area contributed by atoms with E-state index in [1.54, 1.807) is 18.2 Å². The molecule has 1 aliphatic heterocycles. The molecule has 1 aromatic heterocycles. The third kappa shape index (κ3) is 4.75. The summed E-state index contributed by atoms with van der Waals surface area (Å²) >= 11 is 1.49. The van der Waals surface area contributed by atoms with Gasteiger partial charge in [-0.05, 0) is 29.6 Å². The highest BCUT2D eigenvalue weighted by Gasteiger charge is 2.23. The molecule has 0 spiro atoms. The second kappa shape index (κ2) is 9.00. The topological polar surface area (TPSA) is 91.1 Å². The van der Waals surface area contributed by atoms with Crippen LogP contribution in [0.5, 0.6) is 17.2 Å².